The summed E-state index contributed by atoms with van der Waals surface area (Å²) in [6, 6.07) is -0.634. The molecule has 43 heavy (non-hydrogen) atoms. The SMILES string of the molecule is CCCC/C=C/CC/C=C/C(O)C(CO)NC(=O)CCCCCCCCCCCCC/C=C\CCCCCCCCCC. The van der Waals surface area contributed by atoms with Gasteiger partial charge in [-0.1, -0.05) is 166 Å². The van der Waals surface area contributed by atoms with Crippen LogP contribution in [0.4, 0.5) is 0 Å². The Morgan fingerprint density at radius 3 is 1.42 bits per heavy atom. The molecule has 4 nitrogen and oxygen atoms in total. The van der Waals surface area contributed by atoms with Gasteiger partial charge in [0, 0.05) is 6.42 Å². The maximum atomic E-state index is 12.3. The number of carbonyl (C=O) groups excluding carboxylic acids is 1. The van der Waals surface area contributed by atoms with Crippen molar-refractivity contribution in [3.05, 3.63) is 36.5 Å². The summed E-state index contributed by atoms with van der Waals surface area (Å²) in [6.45, 7) is 4.22. The number of nitrogens with one attached hydrogen (secondary N) is 1. The predicted molar refractivity (Wildman–Crippen MR) is 188 cm³/mol. The second-order valence-corrected chi connectivity index (χ2v) is 12.6. The fraction of sp³-hybridized carbons (Fsp3) is 0.821. The molecule has 0 aromatic heterocycles. The smallest absolute Gasteiger partial charge is 0.220 e. The number of hydrogen-bond acceptors (Lipinski definition) is 3. The Bertz CT molecular complexity index is 657. The lowest BCUT2D eigenvalue weighted by Crippen LogP contribution is -2.45. The lowest BCUT2D eigenvalue weighted by molar-refractivity contribution is -0.123. The summed E-state index contributed by atoms with van der Waals surface area (Å²) >= 11 is 0. The van der Waals surface area contributed by atoms with Crippen molar-refractivity contribution < 1.29 is 15.0 Å². The standard InChI is InChI=1S/C39H73NO3/c1-3-5-7-9-11-13-14-15-16-17-18-19-20-21-22-23-24-25-26-27-29-31-33-35-39(43)40-37(36-41)38(42)34-32-30-28-12-10-8-6-4-2/h10,12,17-18,32,34,37-38,41-42H,3-9,11,13-16,19-31,33,35-36H2,1-2H3,(H,40,43)/b12-10+,18-17-,34-32+. The molecule has 0 saturated heterocycles. The molecule has 0 aliphatic rings. The molecule has 0 aliphatic heterocycles. The Morgan fingerprint density at radius 2 is 0.930 bits per heavy atom. The van der Waals surface area contributed by atoms with E-state index in [9.17, 15) is 15.0 Å². The summed E-state index contributed by atoms with van der Waals surface area (Å²) in [5.41, 5.74) is 0. The molecule has 2 unspecified atom stereocenters. The number of aliphatic hydroxyl groups excluding tert-OH is 2. The van der Waals surface area contributed by atoms with Crippen LogP contribution in [0.3, 0.4) is 0 Å². The largest absolute Gasteiger partial charge is 0.394 e. The van der Waals surface area contributed by atoms with Crippen LogP contribution in [0.1, 0.15) is 187 Å². The van der Waals surface area contributed by atoms with Gasteiger partial charge in [-0.2, -0.15) is 0 Å². The van der Waals surface area contributed by atoms with Gasteiger partial charge in [0.05, 0.1) is 18.8 Å². The highest BCUT2D eigenvalue weighted by Gasteiger charge is 2.17. The van der Waals surface area contributed by atoms with Gasteiger partial charge in [-0.25, -0.2) is 0 Å². The highest BCUT2D eigenvalue weighted by Crippen LogP contribution is 2.14. The topological polar surface area (TPSA) is 69.6 Å². The molecule has 2 atom stereocenters. The first kappa shape index (κ1) is 41.6. The lowest BCUT2D eigenvalue weighted by atomic mass is 10.0. The normalized spacial score (nSPS) is 13.5. The summed E-state index contributed by atoms with van der Waals surface area (Å²) in [4.78, 5) is 12.3. The molecule has 0 heterocycles. The minimum absolute atomic E-state index is 0.0793. The van der Waals surface area contributed by atoms with E-state index in [0.29, 0.717) is 6.42 Å². The second-order valence-electron chi connectivity index (χ2n) is 12.6. The van der Waals surface area contributed by atoms with Crippen molar-refractivity contribution in [2.45, 2.75) is 199 Å². The van der Waals surface area contributed by atoms with E-state index in [0.717, 1.165) is 32.1 Å². The van der Waals surface area contributed by atoms with E-state index < -0.39 is 12.1 Å². The van der Waals surface area contributed by atoms with Crippen LogP contribution in [-0.4, -0.2) is 34.9 Å². The zero-order valence-corrected chi connectivity index (χ0v) is 28.7. The first-order valence-electron chi connectivity index (χ1n) is 18.7. The van der Waals surface area contributed by atoms with Crippen LogP contribution in [0.15, 0.2) is 36.5 Å². The molecule has 0 fully saturated rings. The number of rotatable bonds is 33. The van der Waals surface area contributed by atoms with Gasteiger partial charge in [0.2, 0.25) is 5.91 Å². The Hall–Kier alpha value is -1.39. The molecule has 0 rings (SSSR count). The number of aliphatic hydroxyl groups is 2. The minimum Gasteiger partial charge on any atom is -0.394 e. The van der Waals surface area contributed by atoms with Gasteiger partial charge < -0.3 is 15.5 Å². The molecule has 0 aromatic carbocycles. The van der Waals surface area contributed by atoms with E-state index in [2.05, 4.69) is 43.5 Å². The number of unbranched alkanes of at least 4 members (excludes halogenated alkanes) is 22. The van der Waals surface area contributed by atoms with Crippen molar-refractivity contribution in [3.63, 3.8) is 0 Å². The summed E-state index contributed by atoms with van der Waals surface area (Å²) in [5, 5.41) is 22.7. The van der Waals surface area contributed by atoms with Gasteiger partial charge in [-0.3, -0.25) is 4.79 Å². The molecular formula is C39H73NO3. The van der Waals surface area contributed by atoms with Crippen molar-refractivity contribution >= 4 is 5.91 Å². The van der Waals surface area contributed by atoms with Crippen molar-refractivity contribution in [3.8, 4) is 0 Å². The van der Waals surface area contributed by atoms with Gasteiger partial charge in [0.25, 0.3) is 0 Å². The van der Waals surface area contributed by atoms with E-state index in [1.165, 1.54) is 135 Å². The summed E-state index contributed by atoms with van der Waals surface area (Å²) < 4.78 is 0. The third-order valence-corrected chi connectivity index (χ3v) is 8.35. The van der Waals surface area contributed by atoms with Crippen LogP contribution in [0.2, 0.25) is 0 Å². The molecule has 0 aliphatic carbocycles. The zero-order valence-electron chi connectivity index (χ0n) is 28.7. The molecule has 0 bridgehead atoms. The van der Waals surface area contributed by atoms with E-state index in [4.69, 9.17) is 0 Å². The monoisotopic (exact) mass is 604 g/mol. The van der Waals surface area contributed by atoms with E-state index in [1.807, 2.05) is 6.08 Å². The van der Waals surface area contributed by atoms with Crippen LogP contribution in [0.5, 0.6) is 0 Å². The molecule has 0 spiro atoms. The minimum atomic E-state index is -0.857. The first-order valence-corrected chi connectivity index (χ1v) is 18.7. The van der Waals surface area contributed by atoms with Crippen LogP contribution in [-0.2, 0) is 4.79 Å². The quantitative estimate of drug-likeness (QED) is 0.0516. The highest BCUT2D eigenvalue weighted by molar-refractivity contribution is 5.76. The number of allylic oxidation sites excluding steroid dienone is 5. The summed E-state index contributed by atoms with van der Waals surface area (Å²) in [5.74, 6) is -0.0793. The third-order valence-electron chi connectivity index (χ3n) is 8.35. The van der Waals surface area contributed by atoms with Crippen LogP contribution >= 0.6 is 0 Å². The fourth-order valence-electron chi connectivity index (χ4n) is 5.41. The Labute approximate surface area is 268 Å². The zero-order chi connectivity index (χ0) is 31.5. The third kappa shape index (κ3) is 31.8. The molecule has 1 amide bonds. The maximum absolute atomic E-state index is 12.3. The molecule has 4 heteroatoms. The lowest BCUT2D eigenvalue weighted by Gasteiger charge is -2.19. The van der Waals surface area contributed by atoms with Gasteiger partial charge >= 0.3 is 0 Å². The average Bonchev–Trinajstić information content (AvgIpc) is 3.01. The molecular weight excluding hydrogens is 530 g/mol. The average molecular weight is 604 g/mol. The Balaban J connectivity index is 3.52. The molecule has 0 aromatic rings. The fourth-order valence-corrected chi connectivity index (χ4v) is 5.41. The van der Waals surface area contributed by atoms with E-state index >= 15 is 0 Å². The first-order chi connectivity index (χ1) is 21.2. The van der Waals surface area contributed by atoms with Crippen molar-refractivity contribution in [2.75, 3.05) is 6.61 Å². The van der Waals surface area contributed by atoms with Crippen LogP contribution in [0, 0.1) is 0 Å². The van der Waals surface area contributed by atoms with E-state index in [1.54, 1.807) is 6.08 Å². The van der Waals surface area contributed by atoms with Gasteiger partial charge in [0.1, 0.15) is 0 Å². The Kier molecular flexibility index (Phi) is 34.0. The van der Waals surface area contributed by atoms with Gasteiger partial charge in [-0.05, 0) is 51.4 Å². The number of carbonyl (C=O) groups is 1. The molecule has 252 valence electrons. The van der Waals surface area contributed by atoms with Crippen molar-refractivity contribution in [2.24, 2.45) is 0 Å². The summed E-state index contributed by atoms with van der Waals surface area (Å²) in [6.07, 6.45) is 45.4. The highest BCUT2D eigenvalue weighted by atomic mass is 16.3. The van der Waals surface area contributed by atoms with Crippen LogP contribution in [0.25, 0.3) is 0 Å². The second kappa shape index (κ2) is 35.1. The maximum Gasteiger partial charge on any atom is 0.220 e. The van der Waals surface area contributed by atoms with E-state index in [-0.39, 0.29) is 12.5 Å². The number of hydrogen-bond donors (Lipinski definition) is 3. The van der Waals surface area contributed by atoms with Crippen molar-refractivity contribution in [1.29, 1.82) is 0 Å². The molecule has 0 radical (unpaired) electrons. The Morgan fingerprint density at radius 1 is 0.535 bits per heavy atom. The van der Waals surface area contributed by atoms with Crippen molar-refractivity contribution in [1.82, 2.24) is 5.32 Å². The predicted octanol–water partition coefficient (Wildman–Crippen LogP) is 11.1. The van der Waals surface area contributed by atoms with Gasteiger partial charge in [-0.15, -0.1) is 0 Å². The summed E-state index contributed by atoms with van der Waals surface area (Å²) in [7, 11) is 0. The number of amides is 1. The molecule has 0 saturated carbocycles. The van der Waals surface area contributed by atoms with Crippen LogP contribution < -0.4 is 5.32 Å². The van der Waals surface area contributed by atoms with Gasteiger partial charge in [0.15, 0.2) is 0 Å². The molecule has 3 N–H and O–H groups in total.